The van der Waals surface area contributed by atoms with Crippen LogP contribution in [-0.4, -0.2) is 12.9 Å². The normalized spacial score (nSPS) is 10.4. The van der Waals surface area contributed by atoms with Crippen molar-refractivity contribution in [3.05, 3.63) is 62.6 Å². The Morgan fingerprint density at radius 2 is 1.80 bits per heavy atom. The van der Waals surface area contributed by atoms with E-state index in [0.29, 0.717) is 26.4 Å². The van der Waals surface area contributed by atoms with Crippen molar-refractivity contribution >= 4 is 40.6 Å². The fourth-order valence-corrected chi connectivity index (χ4v) is 2.32. The number of rotatable bonds is 4. The second-order valence-electron chi connectivity index (χ2n) is 4.19. The Morgan fingerprint density at radius 1 is 1.05 bits per heavy atom. The first-order valence-corrected chi connectivity index (χ1v) is 6.95. The molecule has 0 fully saturated rings. The van der Waals surface area contributed by atoms with Crippen LogP contribution in [-0.2, 0) is 6.42 Å². The predicted molar refractivity (Wildman–Crippen MR) is 82.5 cm³/mol. The van der Waals surface area contributed by atoms with Crippen LogP contribution in [0.1, 0.15) is 15.9 Å². The molecular formula is C15H11Cl3O2. The fraction of sp³-hybridized carbons (Fsp3) is 0.133. The number of ether oxygens (including phenoxy) is 1. The van der Waals surface area contributed by atoms with E-state index in [-0.39, 0.29) is 12.2 Å². The molecule has 0 saturated carbocycles. The van der Waals surface area contributed by atoms with Crippen LogP contribution in [0.3, 0.4) is 0 Å². The minimum Gasteiger partial charge on any atom is -0.496 e. The average Bonchev–Trinajstić information content (AvgIpc) is 2.42. The summed E-state index contributed by atoms with van der Waals surface area (Å²) in [5, 5.41) is 1.34. The van der Waals surface area contributed by atoms with Gasteiger partial charge in [0, 0.05) is 22.6 Å². The molecule has 2 rings (SSSR count). The quantitative estimate of drug-likeness (QED) is 0.731. The van der Waals surface area contributed by atoms with Crippen molar-refractivity contribution in [3.8, 4) is 5.75 Å². The number of hydrogen-bond donors (Lipinski definition) is 0. The Balaban J connectivity index is 2.27. The maximum absolute atomic E-state index is 12.3. The third-order valence-electron chi connectivity index (χ3n) is 2.84. The molecule has 0 unspecified atom stereocenters. The molecule has 0 aromatic heterocycles. The number of benzene rings is 2. The summed E-state index contributed by atoms with van der Waals surface area (Å²) in [7, 11) is 1.55. The molecule has 0 amide bonds. The topological polar surface area (TPSA) is 26.3 Å². The Labute approximate surface area is 132 Å². The van der Waals surface area contributed by atoms with Crippen molar-refractivity contribution < 1.29 is 9.53 Å². The lowest BCUT2D eigenvalue weighted by atomic mass is 10.0. The average molecular weight is 330 g/mol. The summed E-state index contributed by atoms with van der Waals surface area (Å²) in [5.41, 5.74) is 1.23. The van der Waals surface area contributed by atoms with Crippen LogP contribution in [0.2, 0.25) is 15.1 Å². The van der Waals surface area contributed by atoms with Crippen LogP contribution in [0.5, 0.6) is 5.75 Å². The molecule has 0 heterocycles. The van der Waals surface area contributed by atoms with E-state index in [0.717, 1.165) is 5.56 Å². The van der Waals surface area contributed by atoms with Crippen molar-refractivity contribution in [3.63, 3.8) is 0 Å². The number of hydrogen-bond acceptors (Lipinski definition) is 2. The summed E-state index contributed by atoms with van der Waals surface area (Å²) < 4.78 is 5.22. The van der Waals surface area contributed by atoms with E-state index in [2.05, 4.69) is 0 Å². The number of methoxy groups -OCH3 is 1. The lowest BCUT2D eigenvalue weighted by Gasteiger charge is -2.09. The zero-order valence-electron chi connectivity index (χ0n) is 10.6. The number of ketones is 1. The van der Waals surface area contributed by atoms with Crippen molar-refractivity contribution in [2.45, 2.75) is 6.42 Å². The Bertz CT molecular complexity index is 654. The molecule has 0 aliphatic rings. The molecule has 2 aromatic rings. The Morgan fingerprint density at radius 3 is 2.45 bits per heavy atom. The van der Waals surface area contributed by atoms with Crippen molar-refractivity contribution in [2.24, 2.45) is 0 Å². The minimum absolute atomic E-state index is 0.0795. The third kappa shape index (κ3) is 3.45. The van der Waals surface area contributed by atoms with Crippen LogP contribution in [0.15, 0.2) is 36.4 Å². The Hall–Kier alpha value is -1.22. The monoisotopic (exact) mass is 328 g/mol. The van der Waals surface area contributed by atoms with Crippen LogP contribution in [0.25, 0.3) is 0 Å². The van der Waals surface area contributed by atoms with Crippen molar-refractivity contribution in [1.82, 2.24) is 0 Å². The molecule has 0 radical (unpaired) electrons. The summed E-state index contributed by atoms with van der Waals surface area (Å²) in [5.74, 6) is 0.548. The molecule has 0 bridgehead atoms. The molecule has 2 aromatic carbocycles. The number of Topliss-reactive ketones (excluding diaryl/α,β-unsaturated/α-hetero) is 1. The number of carbonyl (C=O) groups is 1. The first kappa shape index (κ1) is 15.2. The second kappa shape index (κ2) is 6.49. The molecule has 0 atom stereocenters. The van der Waals surface area contributed by atoms with Gasteiger partial charge in [-0.05, 0) is 36.4 Å². The van der Waals surface area contributed by atoms with Gasteiger partial charge in [-0.1, -0.05) is 34.8 Å². The summed E-state index contributed by atoms with van der Waals surface area (Å²) >= 11 is 17.7. The summed E-state index contributed by atoms with van der Waals surface area (Å²) in [6.07, 6.45) is 0.182. The molecule has 0 aliphatic carbocycles. The van der Waals surface area contributed by atoms with Gasteiger partial charge in [0.25, 0.3) is 0 Å². The van der Waals surface area contributed by atoms with E-state index in [1.807, 2.05) is 0 Å². The van der Waals surface area contributed by atoms with Crippen LogP contribution in [0.4, 0.5) is 0 Å². The first-order valence-electron chi connectivity index (χ1n) is 5.82. The third-order valence-corrected chi connectivity index (χ3v) is 3.81. The SMILES string of the molecule is COc1ccc(Cl)cc1CC(=O)c1ccc(Cl)c(Cl)c1. The zero-order valence-corrected chi connectivity index (χ0v) is 12.9. The highest BCUT2D eigenvalue weighted by Crippen LogP contribution is 2.26. The van der Waals surface area contributed by atoms with Gasteiger partial charge in [0.05, 0.1) is 17.2 Å². The highest BCUT2D eigenvalue weighted by atomic mass is 35.5. The molecule has 20 heavy (non-hydrogen) atoms. The molecule has 5 heteroatoms. The summed E-state index contributed by atoms with van der Waals surface area (Å²) in [6.45, 7) is 0. The number of halogens is 3. The lowest BCUT2D eigenvalue weighted by Crippen LogP contribution is -2.05. The van der Waals surface area contributed by atoms with E-state index in [1.54, 1.807) is 43.5 Å². The van der Waals surface area contributed by atoms with Gasteiger partial charge in [0.2, 0.25) is 0 Å². The largest absolute Gasteiger partial charge is 0.496 e. The maximum atomic E-state index is 12.3. The van der Waals surface area contributed by atoms with E-state index in [9.17, 15) is 4.79 Å². The molecule has 0 N–H and O–H groups in total. The predicted octanol–water partition coefficient (Wildman–Crippen LogP) is 5.08. The molecule has 104 valence electrons. The highest BCUT2D eigenvalue weighted by molar-refractivity contribution is 6.42. The first-order chi connectivity index (χ1) is 9.51. The van der Waals surface area contributed by atoms with Gasteiger partial charge in [0.1, 0.15) is 5.75 Å². The molecular weight excluding hydrogens is 319 g/mol. The van der Waals surface area contributed by atoms with Gasteiger partial charge < -0.3 is 4.74 Å². The summed E-state index contributed by atoms with van der Waals surface area (Å²) in [4.78, 5) is 12.3. The standard InChI is InChI=1S/C15H11Cl3O2/c1-20-15-5-3-11(16)6-10(15)8-14(19)9-2-4-12(17)13(18)7-9/h2-7H,8H2,1H3. The van der Waals surface area contributed by atoms with Crippen LogP contribution < -0.4 is 4.74 Å². The molecule has 0 saturated heterocycles. The zero-order chi connectivity index (χ0) is 14.7. The van der Waals surface area contributed by atoms with Crippen LogP contribution in [0, 0.1) is 0 Å². The Kier molecular flexibility index (Phi) is 4.92. The maximum Gasteiger partial charge on any atom is 0.167 e. The highest BCUT2D eigenvalue weighted by Gasteiger charge is 2.12. The smallest absolute Gasteiger partial charge is 0.167 e. The van der Waals surface area contributed by atoms with E-state index >= 15 is 0 Å². The molecule has 0 aliphatic heterocycles. The van der Waals surface area contributed by atoms with Gasteiger partial charge in [-0.2, -0.15) is 0 Å². The van der Waals surface area contributed by atoms with Crippen molar-refractivity contribution in [1.29, 1.82) is 0 Å². The van der Waals surface area contributed by atoms with Crippen LogP contribution >= 0.6 is 34.8 Å². The lowest BCUT2D eigenvalue weighted by molar-refractivity contribution is 0.0992. The van der Waals surface area contributed by atoms with Gasteiger partial charge >= 0.3 is 0 Å². The van der Waals surface area contributed by atoms with Gasteiger partial charge in [0.15, 0.2) is 5.78 Å². The van der Waals surface area contributed by atoms with Gasteiger partial charge in [-0.15, -0.1) is 0 Å². The fourth-order valence-electron chi connectivity index (χ4n) is 1.83. The van der Waals surface area contributed by atoms with Crippen molar-refractivity contribution in [2.75, 3.05) is 7.11 Å². The van der Waals surface area contributed by atoms with E-state index < -0.39 is 0 Å². The number of carbonyl (C=O) groups excluding carboxylic acids is 1. The van der Waals surface area contributed by atoms with Gasteiger partial charge in [-0.25, -0.2) is 0 Å². The second-order valence-corrected chi connectivity index (χ2v) is 5.44. The van der Waals surface area contributed by atoms with E-state index in [4.69, 9.17) is 39.5 Å². The molecule has 0 spiro atoms. The molecule has 2 nitrogen and oxygen atoms in total. The minimum atomic E-state index is -0.0795. The van der Waals surface area contributed by atoms with Gasteiger partial charge in [-0.3, -0.25) is 4.79 Å². The summed E-state index contributed by atoms with van der Waals surface area (Å²) in [6, 6.07) is 9.98. The van der Waals surface area contributed by atoms with E-state index in [1.165, 1.54) is 0 Å².